The molecule has 24 heavy (non-hydrogen) atoms. The highest BCUT2D eigenvalue weighted by atomic mass is 32.1. The lowest BCUT2D eigenvalue weighted by Crippen LogP contribution is -2.41. The van der Waals surface area contributed by atoms with E-state index < -0.39 is 0 Å². The topological polar surface area (TPSA) is 36.4 Å². The number of amides is 1. The summed E-state index contributed by atoms with van der Waals surface area (Å²) in [5.41, 5.74) is 1.55. The lowest BCUT2D eigenvalue weighted by molar-refractivity contribution is 0.0662. The molecular formula is C18H23N3OS2. The summed E-state index contributed by atoms with van der Waals surface area (Å²) in [7, 11) is 2.22. The highest BCUT2D eigenvalue weighted by Gasteiger charge is 2.56. The summed E-state index contributed by atoms with van der Waals surface area (Å²) in [6.07, 6.45) is 5.42. The largest absolute Gasteiger partial charge is 0.338 e. The van der Waals surface area contributed by atoms with Crippen molar-refractivity contribution in [2.24, 2.45) is 5.41 Å². The van der Waals surface area contributed by atoms with Crippen LogP contribution in [0.15, 0.2) is 23.0 Å². The zero-order chi connectivity index (χ0) is 16.7. The van der Waals surface area contributed by atoms with E-state index in [1.807, 2.05) is 29.9 Å². The van der Waals surface area contributed by atoms with Gasteiger partial charge in [-0.15, -0.1) is 22.7 Å². The van der Waals surface area contributed by atoms with Crippen LogP contribution in [0.5, 0.6) is 0 Å². The van der Waals surface area contributed by atoms with E-state index in [9.17, 15) is 4.79 Å². The smallest absolute Gasteiger partial charge is 0.264 e. The van der Waals surface area contributed by atoms with Crippen LogP contribution in [0.4, 0.5) is 0 Å². The van der Waals surface area contributed by atoms with Crippen molar-refractivity contribution >= 4 is 28.6 Å². The minimum atomic E-state index is 0.227. The van der Waals surface area contributed by atoms with Crippen molar-refractivity contribution in [1.82, 2.24) is 14.8 Å². The van der Waals surface area contributed by atoms with Gasteiger partial charge in [-0.2, -0.15) is 0 Å². The second kappa shape index (κ2) is 6.24. The van der Waals surface area contributed by atoms with Gasteiger partial charge in [-0.3, -0.25) is 9.69 Å². The molecule has 0 N–H and O–H groups in total. The molecule has 4 rings (SSSR count). The van der Waals surface area contributed by atoms with Crippen molar-refractivity contribution in [1.29, 1.82) is 0 Å². The first kappa shape index (κ1) is 16.2. The van der Waals surface area contributed by atoms with E-state index in [1.165, 1.54) is 11.4 Å². The number of carbonyl (C=O) groups excluding carboxylic acids is 1. The van der Waals surface area contributed by atoms with Crippen LogP contribution in [0.25, 0.3) is 0 Å². The van der Waals surface area contributed by atoms with Crippen LogP contribution in [0.2, 0.25) is 0 Å². The lowest BCUT2D eigenvalue weighted by atomic mass is 9.92. The first-order chi connectivity index (χ1) is 11.6. The maximum Gasteiger partial charge on any atom is 0.264 e. The SMILES string of the molecule is Cc1ccsc1C(=O)N1CCC2(CC1)C[C@@H]2N(C)Cc1nccs1. The highest BCUT2D eigenvalue weighted by Crippen LogP contribution is 2.56. The van der Waals surface area contributed by atoms with Gasteiger partial charge < -0.3 is 4.90 Å². The lowest BCUT2D eigenvalue weighted by Gasteiger charge is -2.34. The van der Waals surface area contributed by atoms with Crippen LogP contribution in [-0.4, -0.2) is 46.9 Å². The highest BCUT2D eigenvalue weighted by molar-refractivity contribution is 7.12. The Labute approximate surface area is 151 Å². The summed E-state index contributed by atoms with van der Waals surface area (Å²) in [6.45, 7) is 4.77. The van der Waals surface area contributed by atoms with Crippen molar-refractivity contribution in [3.8, 4) is 0 Å². The third kappa shape index (κ3) is 2.91. The molecule has 1 aliphatic carbocycles. The minimum absolute atomic E-state index is 0.227. The molecular weight excluding hydrogens is 338 g/mol. The molecule has 1 saturated heterocycles. The molecule has 0 unspecified atom stereocenters. The van der Waals surface area contributed by atoms with Gasteiger partial charge in [0.25, 0.3) is 5.91 Å². The molecule has 0 bridgehead atoms. The van der Waals surface area contributed by atoms with Crippen LogP contribution >= 0.6 is 22.7 Å². The predicted molar refractivity (Wildman–Crippen MR) is 98.6 cm³/mol. The van der Waals surface area contributed by atoms with Crippen molar-refractivity contribution in [3.63, 3.8) is 0 Å². The van der Waals surface area contributed by atoms with Crippen LogP contribution in [0.3, 0.4) is 0 Å². The Kier molecular flexibility index (Phi) is 4.22. The number of thiophene rings is 1. The number of carbonyl (C=O) groups is 1. The summed E-state index contributed by atoms with van der Waals surface area (Å²) in [4.78, 5) is 22.5. The molecule has 4 nitrogen and oxygen atoms in total. The molecule has 6 heteroatoms. The van der Waals surface area contributed by atoms with Gasteiger partial charge in [-0.05, 0) is 55.7 Å². The zero-order valence-corrected chi connectivity index (χ0v) is 15.8. The van der Waals surface area contributed by atoms with Crippen LogP contribution in [-0.2, 0) is 6.54 Å². The predicted octanol–water partition coefficient (Wildman–Crippen LogP) is 3.64. The van der Waals surface area contributed by atoms with Crippen LogP contribution in [0.1, 0.15) is 39.5 Å². The Morgan fingerprint density at radius 3 is 2.79 bits per heavy atom. The van der Waals surface area contributed by atoms with Gasteiger partial charge in [0.2, 0.25) is 0 Å². The normalized spacial score (nSPS) is 22.3. The first-order valence-corrected chi connectivity index (χ1v) is 10.3. The fraction of sp³-hybridized carbons (Fsp3) is 0.556. The first-order valence-electron chi connectivity index (χ1n) is 8.51. The van der Waals surface area contributed by atoms with Gasteiger partial charge in [-0.25, -0.2) is 4.98 Å². The average Bonchev–Trinajstić information content (AvgIpc) is 2.94. The summed E-state index contributed by atoms with van der Waals surface area (Å²) in [5, 5.41) is 5.25. The van der Waals surface area contributed by atoms with E-state index in [0.717, 1.165) is 42.9 Å². The van der Waals surface area contributed by atoms with E-state index in [2.05, 4.69) is 21.8 Å². The summed E-state index contributed by atoms with van der Waals surface area (Å²) < 4.78 is 0. The average molecular weight is 362 g/mol. The van der Waals surface area contributed by atoms with Gasteiger partial charge in [-0.1, -0.05) is 0 Å². The van der Waals surface area contributed by atoms with E-state index in [0.29, 0.717) is 11.5 Å². The van der Waals surface area contributed by atoms with Gasteiger partial charge >= 0.3 is 0 Å². The minimum Gasteiger partial charge on any atom is -0.338 e. The maximum absolute atomic E-state index is 12.7. The molecule has 1 saturated carbocycles. The quantitative estimate of drug-likeness (QED) is 0.834. The number of hydrogen-bond acceptors (Lipinski definition) is 5. The summed E-state index contributed by atoms with van der Waals surface area (Å²) in [6, 6.07) is 2.69. The van der Waals surface area contributed by atoms with Gasteiger partial charge in [0.05, 0.1) is 11.4 Å². The molecule has 128 valence electrons. The van der Waals surface area contributed by atoms with Gasteiger partial charge in [0, 0.05) is 30.7 Å². The Morgan fingerprint density at radius 1 is 1.38 bits per heavy atom. The number of thiazole rings is 1. The molecule has 1 aliphatic heterocycles. The number of rotatable bonds is 4. The van der Waals surface area contributed by atoms with E-state index in [1.54, 1.807) is 22.7 Å². The molecule has 2 aliphatic rings. The number of likely N-dealkylation sites (tertiary alicyclic amines) is 1. The van der Waals surface area contributed by atoms with Crippen LogP contribution in [0, 0.1) is 12.3 Å². The third-order valence-electron chi connectivity index (χ3n) is 5.65. The fourth-order valence-corrected chi connectivity index (χ4v) is 5.60. The molecule has 1 spiro atoms. The number of hydrogen-bond donors (Lipinski definition) is 0. The molecule has 2 aromatic rings. The Hall–Kier alpha value is -1.24. The van der Waals surface area contributed by atoms with Crippen LogP contribution < -0.4 is 0 Å². The Morgan fingerprint density at radius 2 is 2.17 bits per heavy atom. The van der Waals surface area contributed by atoms with Crippen molar-refractivity contribution in [2.75, 3.05) is 20.1 Å². The van der Waals surface area contributed by atoms with Gasteiger partial charge in [0.15, 0.2) is 0 Å². The third-order valence-corrected chi connectivity index (χ3v) is 7.42. The van der Waals surface area contributed by atoms with Gasteiger partial charge in [0.1, 0.15) is 5.01 Å². The molecule has 3 heterocycles. The van der Waals surface area contributed by atoms with E-state index in [4.69, 9.17) is 0 Å². The monoisotopic (exact) mass is 361 g/mol. The van der Waals surface area contributed by atoms with Crippen molar-refractivity contribution in [2.45, 2.75) is 38.8 Å². The number of aromatic nitrogens is 1. The van der Waals surface area contributed by atoms with Crippen molar-refractivity contribution < 1.29 is 4.79 Å². The second-order valence-corrected chi connectivity index (χ2v) is 9.04. The molecule has 0 aromatic carbocycles. The molecule has 2 aromatic heterocycles. The fourth-order valence-electron chi connectivity index (χ4n) is 4.03. The molecule has 0 radical (unpaired) electrons. The molecule has 1 atom stereocenters. The second-order valence-electron chi connectivity index (χ2n) is 7.15. The standard InChI is InChI=1S/C18H23N3OS2/c1-13-3-9-24-16(13)17(22)21-7-4-18(5-8-21)11-14(18)20(2)12-15-19-6-10-23-15/h3,6,9-10,14H,4-5,7-8,11-12H2,1-2H3/t14-/m0/s1. The molecule has 1 amide bonds. The zero-order valence-electron chi connectivity index (χ0n) is 14.2. The Bertz CT molecular complexity index is 716. The van der Waals surface area contributed by atoms with E-state index in [-0.39, 0.29) is 5.91 Å². The number of aryl methyl sites for hydroxylation is 1. The number of piperidine rings is 1. The van der Waals surface area contributed by atoms with Crippen molar-refractivity contribution in [3.05, 3.63) is 38.5 Å². The van der Waals surface area contributed by atoms with E-state index >= 15 is 0 Å². The maximum atomic E-state index is 12.7. The summed E-state index contributed by atoms with van der Waals surface area (Å²) >= 11 is 3.30. The summed E-state index contributed by atoms with van der Waals surface area (Å²) in [5.74, 6) is 0.227. The molecule has 2 fully saturated rings. The number of nitrogens with zero attached hydrogens (tertiary/aromatic N) is 3. The Balaban J connectivity index is 1.34.